The van der Waals surface area contributed by atoms with Crippen LogP contribution in [-0.2, 0) is 13.1 Å². The lowest BCUT2D eigenvalue weighted by Crippen LogP contribution is -2.35. The van der Waals surface area contributed by atoms with Gasteiger partial charge in [0.05, 0.1) is 6.20 Å². The Morgan fingerprint density at radius 3 is 2.96 bits per heavy atom. The van der Waals surface area contributed by atoms with Crippen molar-refractivity contribution in [1.82, 2.24) is 20.1 Å². The Hall–Kier alpha value is -2.08. The molecule has 122 valence electrons. The van der Waals surface area contributed by atoms with Crippen LogP contribution in [0.3, 0.4) is 0 Å². The smallest absolute Gasteiger partial charge is 0.128 e. The van der Waals surface area contributed by atoms with Crippen molar-refractivity contribution < 1.29 is 0 Å². The van der Waals surface area contributed by atoms with Gasteiger partial charge in [0, 0.05) is 57.4 Å². The fourth-order valence-corrected chi connectivity index (χ4v) is 3.40. The normalized spacial score (nSPS) is 20.3. The van der Waals surface area contributed by atoms with Crippen LogP contribution in [0.5, 0.6) is 0 Å². The maximum absolute atomic E-state index is 4.61. The zero-order valence-corrected chi connectivity index (χ0v) is 13.4. The van der Waals surface area contributed by atoms with Crippen LogP contribution >= 0.6 is 0 Å². The van der Waals surface area contributed by atoms with E-state index >= 15 is 0 Å². The Morgan fingerprint density at radius 2 is 2.13 bits per heavy atom. The lowest BCUT2D eigenvalue weighted by Gasteiger charge is -2.25. The molecule has 2 aromatic rings. The highest BCUT2D eigenvalue weighted by atomic mass is 15.3. The van der Waals surface area contributed by atoms with Crippen molar-refractivity contribution in [3.63, 3.8) is 0 Å². The molecule has 0 aromatic carbocycles. The molecule has 4 rings (SSSR count). The molecule has 0 bridgehead atoms. The second-order valence-electron chi connectivity index (χ2n) is 6.50. The first kappa shape index (κ1) is 14.5. The van der Waals surface area contributed by atoms with Gasteiger partial charge in [-0.3, -0.25) is 0 Å². The minimum absolute atomic E-state index is 0.569. The summed E-state index contributed by atoms with van der Waals surface area (Å²) in [4.78, 5) is 6.98. The van der Waals surface area contributed by atoms with Crippen LogP contribution in [0.4, 0.5) is 11.6 Å². The molecule has 2 aliphatic heterocycles. The summed E-state index contributed by atoms with van der Waals surface area (Å²) in [6.07, 6.45) is 6.44. The van der Waals surface area contributed by atoms with E-state index in [1.807, 2.05) is 23.1 Å². The van der Waals surface area contributed by atoms with E-state index in [1.165, 1.54) is 18.4 Å². The van der Waals surface area contributed by atoms with Crippen molar-refractivity contribution in [3.8, 4) is 0 Å². The molecule has 0 saturated carbocycles. The zero-order valence-electron chi connectivity index (χ0n) is 13.4. The Labute approximate surface area is 136 Å². The van der Waals surface area contributed by atoms with Crippen LogP contribution < -0.4 is 15.5 Å². The summed E-state index contributed by atoms with van der Waals surface area (Å²) in [6, 6.07) is 6.37. The van der Waals surface area contributed by atoms with E-state index in [2.05, 4.69) is 37.7 Å². The van der Waals surface area contributed by atoms with Gasteiger partial charge in [-0.25, -0.2) is 9.67 Å². The van der Waals surface area contributed by atoms with E-state index in [0.717, 1.165) is 50.9 Å². The average Bonchev–Trinajstić information content (AvgIpc) is 3.27. The molecule has 2 aliphatic rings. The summed E-state index contributed by atoms with van der Waals surface area (Å²) < 4.78 is 2.04. The van der Waals surface area contributed by atoms with E-state index in [-0.39, 0.29) is 0 Å². The molecule has 0 unspecified atom stereocenters. The van der Waals surface area contributed by atoms with Crippen molar-refractivity contribution >= 4 is 11.6 Å². The van der Waals surface area contributed by atoms with Crippen molar-refractivity contribution in [1.29, 1.82) is 0 Å². The lowest BCUT2D eigenvalue weighted by molar-refractivity contribution is 0.391. The molecule has 0 radical (unpaired) electrons. The first-order chi connectivity index (χ1) is 11.4. The second-order valence-corrected chi connectivity index (χ2v) is 6.50. The van der Waals surface area contributed by atoms with Gasteiger partial charge < -0.3 is 15.5 Å². The first-order valence-electron chi connectivity index (χ1n) is 8.55. The van der Waals surface area contributed by atoms with E-state index in [9.17, 15) is 0 Å². The maximum atomic E-state index is 4.61. The number of hydrogen-bond donors (Lipinski definition) is 2. The van der Waals surface area contributed by atoms with E-state index in [4.69, 9.17) is 0 Å². The summed E-state index contributed by atoms with van der Waals surface area (Å²) in [5.74, 6) is 2.82. The second kappa shape index (κ2) is 6.58. The molecule has 0 spiro atoms. The first-order valence-corrected chi connectivity index (χ1v) is 8.55. The number of pyridine rings is 1. The summed E-state index contributed by atoms with van der Waals surface area (Å²) in [7, 11) is 0. The van der Waals surface area contributed by atoms with Crippen molar-refractivity contribution in [3.05, 3.63) is 36.2 Å². The predicted molar refractivity (Wildman–Crippen MR) is 91.6 cm³/mol. The monoisotopic (exact) mass is 312 g/mol. The van der Waals surface area contributed by atoms with Gasteiger partial charge in [0.15, 0.2) is 0 Å². The molecule has 4 heterocycles. The summed E-state index contributed by atoms with van der Waals surface area (Å²) in [6.45, 7) is 6.14. The third-order valence-electron chi connectivity index (χ3n) is 4.72. The van der Waals surface area contributed by atoms with E-state index in [1.54, 1.807) is 0 Å². The summed E-state index contributed by atoms with van der Waals surface area (Å²) in [5, 5.41) is 11.3. The van der Waals surface area contributed by atoms with Crippen LogP contribution in [-0.4, -0.2) is 40.9 Å². The summed E-state index contributed by atoms with van der Waals surface area (Å²) in [5.41, 5.74) is 1.25. The molecule has 1 saturated heterocycles. The number of nitrogens with zero attached hydrogens (tertiary/aromatic N) is 4. The molecular formula is C17H24N6. The molecule has 0 amide bonds. The number of nitrogens with one attached hydrogen (secondary N) is 2. The highest BCUT2D eigenvalue weighted by Gasteiger charge is 2.17. The van der Waals surface area contributed by atoms with Crippen LogP contribution in [0.2, 0.25) is 0 Å². The third kappa shape index (κ3) is 3.32. The number of fused-ring (bicyclic) bond motifs is 1. The lowest BCUT2D eigenvalue weighted by atomic mass is 10.1. The standard InChI is InChI=1S/C17H24N6/c1-2-8-22(7-1)16-4-3-14(11-19-16)9-18-10-15-12-20-17-5-6-21-23(17)13-15/h3-6,11,15,18,20H,1-2,7-10,12-13H2/t15-/m0/s1. The molecule has 2 N–H and O–H groups in total. The van der Waals surface area contributed by atoms with Gasteiger partial charge in [-0.2, -0.15) is 5.10 Å². The quantitative estimate of drug-likeness (QED) is 0.880. The molecule has 2 aromatic heterocycles. The van der Waals surface area contributed by atoms with E-state index in [0.29, 0.717) is 5.92 Å². The molecular weight excluding hydrogens is 288 g/mol. The molecule has 6 nitrogen and oxygen atoms in total. The fourth-order valence-electron chi connectivity index (χ4n) is 3.40. The Bertz CT molecular complexity index is 629. The SMILES string of the molecule is c1cc2n(n1)C[C@@H](CNCc1ccc(N3CCCC3)nc1)CN2. The number of rotatable bonds is 5. The van der Waals surface area contributed by atoms with E-state index < -0.39 is 0 Å². The fraction of sp³-hybridized carbons (Fsp3) is 0.529. The van der Waals surface area contributed by atoms with Crippen molar-refractivity contribution in [2.45, 2.75) is 25.9 Å². The molecule has 1 fully saturated rings. The zero-order chi connectivity index (χ0) is 15.5. The van der Waals surface area contributed by atoms with Gasteiger partial charge in [0.2, 0.25) is 0 Å². The minimum atomic E-state index is 0.569. The van der Waals surface area contributed by atoms with Crippen molar-refractivity contribution in [2.24, 2.45) is 5.92 Å². The van der Waals surface area contributed by atoms with Crippen LogP contribution in [0, 0.1) is 5.92 Å². The molecule has 1 atom stereocenters. The van der Waals surface area contributed by atoms with Gasteiger partial charge in [0.25, 0.3) is 0 Å². The third-order valence-corrected chi connectivity index (χ3v) is 4.72. The van der Waals surface area contributed by atoms with Gasteiger partial charge in [-0.05, 0) is 24.5 Å². The minimum Gasteiger partial charge on any atom is -0.370 e. The molecule has 0 aliphatic carbocycles. The van der Waals surface area contributed by atoms with Gasteiger partial charge in [0.1, 0.15) is 11.6 Å². The van der Waals surface area contributed by atoms with Crippen LogP contribution in [0.15, 0.2) is 30.6 Å². The van der Waals surface area contributed by atoms with Gasteiger partial charge in [-0.15, -0.1) is 0 Å². The maximum Gasteiger partial charge on any atom is 0.128 e. The Balaban J connectivity index is 1.25. The van der Waals surface area contributed by atoms with Gasteiger partial charge in [-0.1, -0.05) is 6.07 Å². The average molecular weight is 312 g/mol. The van der Waals surface area contributed by atoms with Crippen LogP contribution in [0.25, 0.3) is 0 Å². The highest BCUT2D eigenvalue weighted by Crippen LogP contribution is 2.18. The largest absolute Gasteiger partial charge is 0.370 e. The van der Waals surface area contributed by atoms with Crippen molar-refractivity contribution in [2.75, 3.05) is 36.4 Å². The summed E-state index contributed by atoms with van der Waals surface area (Å²) >= 11 is 0. The Morgan fingerprint density at radius 1 is 1.22 bits per heavy atom. The van der Waals surface area contributed by atoms with Gasteiger partial charge >= 0.3 is 0 Å². The molecule has 6 heteroatoms. The van der Waals surface area contributed by atoms with Crippen LogP contribution in [0.1, 0.15) is 18.4 Å². The number of anilines is 2. The highest BCUT2D eigenvalue weighted by molar-refractivity contribution is 5.40. The topological polar surface area (TPSA) is 58.0 Å². The Kier molecular flexibility index (Phi) is 4.15. The molecule has 23 heavy (non-hydrogen) atoms. The number of aromatic nitrogens is 3. The predicted octanol–water partition coefficient (Wildman–Crippen LogP) is 1.71. The number of hydrogen-bond acceptors (Lipinski definition) is 5.